The van der Waals surface area contributed by atoms with Crippen molar-refractivity contribution in [2.24, 2.45) is 5.92 Å². The second-order valence-corrected chi connectivity index (χ2v) is 8.29. The molecule has 5 rings (SSSR count). The Kier molecular flexibility index (Phi) is 5.48. The normalized spacial score (nSPS) is 15.4. The number of ether oxygens (including phenoxy) is 1. The smallest absolute Gasteiger partial charge is 0.243 e. The van der Waals surface area contributed by atoms with Crippen LogP contribution in [0.2, 0.25) is 0 Å². The summed E-state index contributed by atoms with van der Waals surface area (Å²) in [6.07, 6.45) is 2.69. The number of nitrogens with one attached hydrogen (secondary N) is 1. The van der Waals surface area contributed by atoms with Crippen LogP contribution < -0.4 is 19.9 Å². The van der Waals surface area contributed by atoms with E-state index in [0.717, 1.165) is 42.7 Å². The van der Waals surface area contributed by atoms with Crippen LogP contribution in [0.1, 0.15) is 12.8 Å². The Bertz CT molecular complexity index is 1050. The third kappa shape index (κ3) is 4.82. The van der Waals surface area contributed by atoms with Gasteiger partial charge in [0.05, 0.1) is 17.9 Å². The van der Waals surface area contributed by atoms with Gasteiger partial charge in [0.2, 0.25) is 5.91 Å². The maximum atomic E-state index is 12.8. The first-order chi connectivity index (χ1) is 15.2. The zero-order valence-electron chi connectivity index (χ0n) is 17.5. The zero-order valence-corrected chi connectivity index (χ0v) is 17.5. The molecule has 158 valence electrons. The maximum absolute atomic E-state index is 12.8. The predicted octanol–water partition coefficient (Wildman–Crippen LogP) is 5.15. The highest BCUT2D eigenvalue weighted by molar-refractivity contribution is 5.95. The Balaban J connectivity index is 1.24. The number of para-hydroxylation sites is 3. The summed E-state index contributed by atoms with van der Waals surface area (Å²) >= 11 is 0. The van der Waals surface area contributed by atoms with Crippen LogP contribution in [0, 0.1) is 5.92 Å². The van der Waals surface area contributed by atoms with E-state index in [1.54, 1.807) is 0 Å². The minimum absolute atomic E-state index is 0.0256. The van der Waals surface area contributed by atoms with Gasteiger partial charge < -0.3 is 19.9 Å². The van der Waals surface area contributed by atoms with E-state index in [-0.39, 0.29) is 5.91 Å². The van der Waals surface area contributed by atoms with Crippen molar-refractivity contribution >= 4 is 23.0 Å². The number of hydrogen-bond acceptors (Lipinski definition) is 4. The Labute approximate surface area is 183 Å². The molecule has 0 atom stereocenters. The van der Waals surface area contributed by atoms with Gasteiger partial charge >= 0.3 is 0 Å². The van der Waals surface area contributed by atoms with Crippen LogP contribution in [-0.4, -0.2) is 32.1 Å². The summed E-state index contributed by atoms with van der Waals surface area (Å²) in [6.45, 7) is 3.28. The monoisotopic (exact) mass is 413 g/mol. The number of carbonyl (C=O) groups excluding carboxylic acids is 1. The molecule has 0 spiro atoms. The summed E-state index contributed by atoms with van der Waals surface area (Å²) in [5, 5.41) is 3.03. The van der Waals surface area contributed by atoms with Crippen LogP contribution in [0.4, 0.5) is 17.1 Å². The van der Waals surface area contributed by atoms with Crippen LogP contribution in [0.3, 0.4) is 0 Å². The van der Waals surface area contributed by atoms with Gasteiger partial charge in [0.25, 0.3) is 0 Å². The first-order valence-electron chi connectivity index (χ1n) is 11.0. The van der Waals surface area contributed by atoms with E-state index in [1.165, 1.54) is 18.5 Å². The molecule has 0 unspecified atom stereocenters. The number of nitrogens with zero attached hydrogens (tertiary/aromatic N) is 2. The van der Waals surface area contributed by atoms with Crippen LogP contribution >= 0.6 is 0 Å². The molecule has 3 aromatic carbocycles. The number of anilines is 3. The second-order valence-electron chi connectivity index (χ2n) is 8.29. The van der Waals surface area contributed by atoms with Gasteiger partial charge in [-0.2, -0.15) is 0 Å². The highest BCUT2D eigenvalue weighted by Gasteiger charge is 2.29. The number of amides is 1. The molecule has 2 aliphatic rings. The second kappa shape index (κ2) is 8.72. The Hall–Kier alpha value is -3.47. The summed E-state index contributed by atoms with van der Waals surface area (Å²) in [5.74, 6) is 2.28. The van der Waals surface area contributed by atoms with Crippen molar-refractivity contribution < 1.29 is 9.53 Å². The number of carbonyl (C=O) groups is 1. The van der Waals surface area contributed by atoms with E-state index in [4.69, 9.17) is 4.74 Å². The van der Waals surface area contributed by atoms with Gasteiger partial charge in [0.1, 0.15) is 11.5 Å². The van der Waals surface area contributed by atoms with Crippen molar-refractivity contribution in [2.45, 2.75) is 12.8 Å². The van der Waals surface area contributed by atoms with E-state index in [2.05, 4.69) is 39.4 Å². The lowest BCUT2D eigenvalue weighted by Crippen LogP contribution is -2.44. The molecule has 1 saturated carbocycles. The largest absolute Gasteiger partial charge is 0.457 e. The van der Waals surface area contributed by atoms with Gasteiger partial charge in [0, 0.05) is 31.4 Å². The number of fused-ring (bicyclic) bond motifs is 1. The van der Waals surface area contributed by atoms with E-state index in [0.29, 0.717) is 12.3 Å². The van der Waals surface area contributed by atoms with E-state index in [9.17, 15) is 4.79 Å². The fourth-order valence-corrected chi connectivity index (χ4v) is 4.08. The van der Waals surface area contributed by atoms with Crippen molar-refractivity contribution in [3.8, 4) is 11.5 Å². The van der Waals surface area contributed by atoms with Gasteiger partial charge in [-0.3, -0.25) is 4.79 Å². The molecule has 0 bridgehead atoms. The zero-order chi connectivity index (χ0) is 21.0. The first kappa shape index (κ1) is 19.5. The minimum atomic E-state index is -0.0256. The Morgan fingerprint density at radius 1 is 0.839 bits per heavy atom. The molecule has 0 radical (unpaired) electrons. The highest BCUT2D eigenvalue weighted by atomic mass is 16.5. The summed E-state index contributed by atoms with van der Waals surface area (Å²) in [5.41, 5.74) is 3.12. The first-order valence-corrected chi connectivity index (χ1v) is 11.0. The lowest BCUT2D eigenvalue weighted by atomic mass is 10.1. The molecule has 1 aliphatic carbocycles. The molecule has 5 heteroatoms. The lowest BCUT2D eigenvalue weighted by Gasteiger charge is -2.38. The Morgan fingerprint density at radius 2 is 1.52 bits per heavy atom. The molecule has 1 heterocycles. The fourth-order valence-electron chi connectivity index (χ4n) is 4.08. The molecule has 1 N–H and O–H groups in total. The average molecular weight is 414 g/mol. The van der Waals surface area contributed by atoms with E-state index in [1.807, 2.05) is 54.6 Å². The molecule has 0 aromatic heterocycles. The molecule has 31 heavy (non-hydrogen) atoms. The van der Waals surface area contributed by atoms with Gasteiger partial charge in [-0.15, -0.1) is 0 Å². The van der Waals surface area contributed by atoms with Gasteiger partial charge in [-0.05, 0) is 55.2 Å². The lowest BCUT2D eigenvalue weighted by molar-refractivity contribution is -0.115. The molecule has 1 fully saturated rings. The van der Waals surface area contributed by atoms with Gasteiger partial charge in [-0.1, -0.05) is 36.4 Å². The number of hydrogen-bond donors (Lipinski definition) is 1. The van der Waals surface area contributed by atoms with Gasteiger partial charge in [0.15, 0.2) is 0 Å². The van der Waals surface area contributed by atoms with Crippen molar-refractivity contribution in [3.63, 3.8) is 0 Å². The quantitative estimate of drug-likeness (QED) is 0.582. The van der Waals surface area contributed by atoms with Crippen LogP contribution in [0.15, 0.2) is 78.9 Å². The molecule has 1 aliphatic heterocycles. The predicted molar refractivity (Wildman–Crippen MR) is 125 cm³/mol. The summed E-state index contributed by atoms with van der Waals surface area (Å²) in [7, 11) is 0. The SMILES string of the molecule is O=C(CN1CCN(CC2CC2)c2ccccc21)Nc1cccc(Oc2ccccc2)c1. The standard InChI is InChI=1S/C26H27N3O2/c30-26(27-21-7-6-10-23(17-21)31-22-8-2-1-3-9-22)19-29-16-15-28(18-20-13-14-20)24-11-4-5-12-25(24)29/h1-12,17,20H,13-16,18-19H2,(H,27,30). The fraction of sp³-hybridized carbons (Fsp3) is 0.269. The number of rotatable bonds is 7. The van der Waals surface area contributed by atoms with Crippen molar-refractivity contribution in [2.75, 3.05) is 41.3 Å². The molecular formula is C26H27N3O2. The summed E-state index contributed by atoms with van der Waals surface area (Å²) in [6, 6.07) is 25.6. The Morgan fingerprint density at radius 3 is 2.29 bits per heavy atom. The molecule has 1 amide bonds. The van der Waals surface area contributed by atoms with Crippen molar-refractivity contribution in [1.29, 1.82) is 0 Å². The molecule has 3 aromatic rings. The van der Waals surface area contributed by atoms with Crippen LogP contribution in [0.5, 0.6) is 11.5 Å². The third-order valence-corrected chi connectivity index (χ3v) is 5.81. The van der Waals surface area contributed by atoms with Crippen molar-refractivity contribution in [3.05, 3.63) is 78.9 Å². The van der Waals surface area contributed by atoms with Crippen LogP contribution in [0.25, 0.3) is 0 Å². The van der Waals surface area contributed by atoms with Gasteiger partial charge in [-0.25, -0.2) is 0 Å². The van der Waals surface area contributed by atoms with E-state index < -0.39 is 0 Å². The molecule has 0 saturated heterocycles. The van der Waals surface area contributed by atoms with Crippen LogP contribution in [-0.2, 0) is 4.79 Å². The van der Waals surface area contributed by atoms with E-state index >= 15 is 0 Å². The summed E-state index contributed by atoms with van der Waals surface area (Å²) < 4.78 is 5.88. The summed E-state index contributed by atoms with van der Waals surface area (Å²) in [4.78, 5) is 17.5. The van der Waals surface area contributed by atoms with Crippen molar-refractivity contribution in [1.82, 2.24) is 0 Å². The molecular weight excluding hydrogens is 386 g/mol. The molecule has 5 nitrogen and oxygen atoms in total. The highest BCUT2D eigenvalue weighted by Crippen LogP contribution is 2.37. The third-order valence-electron chi connectivity index (χ3n) is 5.81. The minimum Gasteiger partial charge on any atom is -0.457 e. The topological polar surface area (TPSA) is 44.8 Å². The number of benzene rings is 3. The average Bonchev–Trinajstić information content (AvgIpc) is 3.61. The maximum Gasteiger partial charge on any atom is 0.243 e.